The molecule has 29 heavy (non-hydrogen) atoms. The van der Waals surface area contributed by atoms with Crippen molar-refractivity contribution in [2.24, 2.45) is 0 Å². The Balaban J connectivity index is 1.42. The summed E-state index contributed by atoms with van der Waals surface area (Å²) in [7, 11) is 1.66. The highest BCUT2D eigenvalue weighted by Gasteiger charge is 2.10. The van der Waals surface area contributed by atoms with E-state index >= 15 is 0 Å². The van der Waals surface area contributed by atoms with E-state index in [4.69, 9.17) is 9.15 Å². The highest BCUT2D eigenvalue weighted by Crippen LogP contribution is 2.27. The van der Waals surface area contributed by atoms with Crippen molar-refractivity contribution in [2.45, 2.75) is 18.1 Å². The van der Waals surface area contributed by atoms with Gasteiger partial charge in [0.05, 0.1) is 31.2 Å². The van der Waals surface area contributed by atoms with Crippen LogP contribution in [0.25, 0.3) is 10.9 Å². The average molecular weight is 407 g/mol. The van der Waals surface area contributed by atoms with E-state index in [9.17, 15) is 4.79 Å². The predicted molar refractivity (Wildman–Crippen MR) is 113 cm³/mol. The molecule has 0 aliphatic carbocycles. The molecule has 0 saturated carbocycles. The van der Waals surface area contributed by atoms with Crippen molar-refractivity contribution in [1.82, 2.24) is 14.9 Å². The van der Waals surface area contributed by atoms with E-state index in [2.05, 4.69) is 39.3 Å². The van der Waals surface area contributed by atoms with Gasteiger partial charge in [0, 0.05) is 24.3 Å². The largest absolute Gasteiger partial charge is 0.497 e. The summed E-state index contributed by atoms with van der Waals surface area (Å²) in [6, 6.07) is 15.7. The number of methoxy groups -OCH3 is 1. The van der Waals surface area contributed by atoms with Gasteiger partial charge in [0.1, 0.15) is 16.5 Å². The van der Waals surface area contributed by atoms with Crippen molar-refractivity contribution in [2.75, 3.05) is 12.9 Å². The van der Waals surface area contributed by atoms with Gasteiger partial charge in [-0.25, -0.2) is 4.98 Å². The fourth-order valence-electron chi connectivity index (χ4n) is 3.06. The van der Waals surface area contributed by atoms with E-state index < -0.39 is 0 Å². The summed E-state index contributed by atoms with van der Waals surface area (Å²) in [6.07, 6.45) is 5.44. The fraction of sp³-hybridized carbons (Fsp3) is 0.182. The molecule has 0 aliphatic heterocycles. The summed E-state index contributed by atoms with van der Waals surface area (Å²) < 4.78 is 12.6. The van der Waals surface area contributed by atoms with E-state index in [-0.39, 0.29) is 5.91 Å². The van der Waals surface area contributed by atoms with Crippen molar-refractivity contribution in [1.29, 1.82) is 0 Å². The summed E-state index contributed by atoms with van der Waals surface area (Å²) in [5, 5.41) is 4.75. The van der Waals surface area contributed by atoms with E-state index in [0.29, 0.717) is 12.3 Å². The first kappa shape index (κ1) is 19.1. The summed E-state index contributed by atoms with van der Waals surface area (Å²) in [6.45, 7) is 1.15. The van der Waals surface area contributed by atoms with Crippen LogP contribution in [-0.4, -0.2) is 28.3 Å². The molecule has 1 aromatic carbocycles. The van der Waals surface area contributed by atoms with Crippen LogP contribution in [0, 0.1) is 0 Å². The predicted octanol–water partition coefficient (Wildman–Crippen LogP) is 4.09. The van der Waals surface area contributed by atoms with Crippen molar-refractivity contribution < 1.29 is 13.9 Å². The lowest BCUT2D eigenvalue weighted by Gasteiger charge is -2.08. The van der Waals surface area contributed by atoms with Crippen LogP contribution in [0.4, 0.5) is 0 Å². The maximum absolute atomic E-state index is 12.1. The molecular formula is C22H21N3O3S. The summed E-state index contributed by atoms with van der Waals surface area (Å²) >= 11 is 1.44. The third-order valence-corrected chi connectivity index (χ3v) is 5.56. The molecule has 6 nitrogen and oxygen atoms in total. The minimum absolute atomic E-state index is 0.0529. The number of hydrogen-bond acceptors (Lipinski definition) is 5. The zero-order chi connectivity index (χ0) is 20.1. The Labute approximate surface area is 172 Å². The van der Waals surface area contributed by atoms with Gasteiger partial charge >= 0.3 is 0 Å². The number of nitrogens with one attached hydrogen (secondary N) is 1. The maximum Gasteiger partial charge on any atom is 0.230 e. The average Bonchev–Trinajstić information content (AvgIpc) is 3.42. The van der Waals surface area contributed by atoms with Crippen molar-refractivity contribution in [3.8, 4) is 5.75 Å². The van der Waals surface area contributed by atoms with Gasteiger partial charge in [-0.3, -0.25) is 4.79 Å². The number of rotatable bonds is 8. The molecule has 3 aromatic heterocycles. The van der Waals surface area contributed by atoms with Crippen LogP contribution < -0.4 is 10.1 Å². The van der Waals surface area contributed by atoms with Crippen LogP contribution in [0.1, 0.15) is 11.3 Å². The van der Waals surface area contributed by atoms with Gasteiger partial charge in [0.2, 0.25) is 5.91 Å². The van der Waals surface area contributed by atoms with Crippen LogP contribution in [0.5, 0.6) is 5.75 Å². The van der Waals surface area contributed by atoms with Crippen LogP contribution in [0.3, 0.4) is 0 Å². The van der Waals surface area contributed by atoms with Crippen molar-refractivity contribution >= 4 is 28.6 Å². The molecule has 4 rings (SSSR count). The first-order valence-electron chi connectivity index (χ1n) is 9.21. The molecule has 0 radical (unpaired) electrons. The Morgan fingerprint density at radius 3 is 2.83 bits per heavy atom. The Morgan fingerprint density at radius 2 is 2.07 bits per heavy atom. The second kappa shape index (κ2) is 8.87. The van der Waals surface area contributed by atoms with Crippen molar-refractivity contribution in [3.05, 3.63) is 78.5 Å². The molecule has 148 valence electrons. The third kappa shape index (κ3) is 4.63. The van der Waals surface area contributed by atoms with Gasteiger partial charge in [0.25, 0.3) is 0 Å². The second-order valence-corrected chi connectivity index (χ2v) is 7.45. The van der Waals surface area contributed by atoms with Crippen LogP contribution in [0.2, 0.25) is 0 Å². The van der Waals surface area contributed by atoms with Crippen LogP contribution >= 0.6 is 11.8 Å². The summed E-state index contributed by atoms with van der Waals surface area (Å²) in [4.78, 5) is 16.6. The van der Waals surface area contributed by atoms with Gasteiger partial charge in [-0.05, 0) is 42.0 Å². The quantitative estimate of drug-likeness (QED) is 0.446. The normalized spacial score (nSPS) is 10.9. The molecule has 0 atom stereocenters. The smallest absolute Gasteiger partial charge is 0.230 e. The number of benzene rings is 1. The Kier molecular flexibility index (Phi) is 5.86. The lowest BCUT2D eigenvalue weighted by Crippen LogP contribution is -2.24. The standard InChI is InChI=1S/C22H21N3O3S/c1-27-17-6-4-16(5-7-17)14-25-11-9-19-20(25)8-10-23-22(19)29-15-21(26)24-13-18-3-2-12-28-18/h2-12H,13-15H2,1H3,(H,24,26). The number of furan rings is 1. The summed E-state index contributed by atoms with van der Waals surface area (Å²) in [5.74, 6) is 1.83. The molecule has 0 fully saturated rings. The van der Waals surface area contributed by atoms with Crippen LogP contribution in [-0.2, 0) is 17.9 Å². The zero-order valence-corrected chi connectivity index (χ0v) is 16.8. The molecule has 1 N–H and O–H groups in total. The number of carbonyl (C=O) groups is 1. The Morgan fingerprint density at radius 1 is 1.21 bits per heavy atom. The number of nitrogens with zero attached hydrogens (tertiary/aromatic N) is 2. The number of thioether (sulfide) groups is 1. The van der Waals surface area contributed by atoms with Gasteiger partial charge in [0.15, 0.2) is 0 Å². The van der Waals surface area contributed by atoms with Gasteiger partial charge in [-0.2, -0.15) is 0 Å². The molecule has 0 spiro atoms. The topological polar surface area (TPSA) is 69.3 Å². The highest BCUT2D eigenvalue weighted by molar-refractivity contribution is 8.00. The molecule has 0 unspecified atom stereocenters. The van der Waals surface area contributed by atoms with Crippen molar-refractivity contribution in [3.63, 3.8) is 0 Å². The number of pyridine rings is 1. The first-order chi connectivity index (χ1) is 14.2. The number of ether oxygens (including phenoxy) is 1. The zero-order valence-electron chi connectivity index (χ0n) is 16.0. The molecule has 4 aromatic rings. The number of amides is 1. The van der Waals surface area contributed by atoms with Crippen LogP contribution in [0.15, 0.2) is 76.6 Å². The minimum atomic E-state index is -0.0529. The number of carbonyl (C=O) groups excluding carboxylic acids is 1. The van der Waals surface area contributed by atoms with Gasteiger partial charge < -0.3 is 19.0 Å². The molecule has 1 amide bonds. The molecule has 0 aliphatic rings. The number of fused-ring (bicyclic) bond motifs is 1. The minimum Gasteiger partial charge on any atom is -0.497 e. The second-order valence-electron chi connectivity index (χ2n) is 6.49. The summed E-state index contributed by atoms with van der Waals surface area (Å²) in [5.41, 5.74) is 2.28. The fourth-order valence-corrected chi connectivity index (χ4v) is 3.89. The number of hydrogen-bond donors (Lipinski definition) is 1. The van der Waals surface area contributed by atoms with E-state index in [1.807, 2.05) is 24.3 Å². The molecule has 7 heteroatoms. The third-order valence-electron chi connectivity index (χ3n) is 4.55. The molecule has 0 saturated heterocycles. The van der Waals surface area contributed by atoms with Gasteiger partial charge in [-0.1, -0.05) is 23.9 Å². The van der Waals surface area contributed by atoms with E-state index in [1.54, 1.807) is 25.6 Å². The van der Waals surface area contributed by atoms with E-state index in [0.717, 1.165) is 34.0 Å². The monoisotopic (exact) mass is 407 g/mol. The molecule has 3 heterocycles. The lowest BCUT2D eigenvalue weighted by atomic mass is 10.2. The maximum atomic E-state index is 12.1. The first-order valence-corrected chi connectivity index (χ1v) is 10.2. The van der Waals surface area contributed by atoms with Gasteiger partial charge in [-0.15, -0.1) is 0 Å². The Hall–Kier alpha value is -3.19. The SMILES string of the molecule is COc1ccc(Cn2ccc3c(SCC(=O)NCc4ccco4)nccc32)cc1. The number of aromatic nitrogens is 2. The van der Waals surface area contributed by atoms with E-state index in [1.165, 1.54) is 17.3 Å². The molecular weight excluding hydrogens is 386 g/mol. The lowest BCUT2D eigenvalue weighted by molar-refractivity contribution is -0.118. The highest BCUT2D eigenvalue weighted by atomic mass is 32.2. The Bertz CT molecular complexity index is 1090. The molecule has 0 bridgehead atoms.